The zero-order valence-electron chi connectivity index (χ0n) is 14.6. The number of para-hydroxylation sites is 1. The van der Waals surface area contributed by atoms with Gasteiger partial charge < -0.3 is 10.1 Å². The van der Waals surface area contributed by atoms with Gasteiger partial charge in [0, 0.05) is 24.4 Å². The van der Waals surface area contributed by atoms with E-state index in [1.54, 1.807) is 17.0 Å². The van der Waals surface area contributed by atoms with E-state index in [4.69, 9.17) is 4.74 Å². The summed E-state index contributed by atoms with van der Waals surface area (Å²) in [4.78, 5) is 12.0. The van der Waals surface area contributed by atoms with E-state index in [1.165, 1.54) is 6.08 Å². The van der Waals surface area contributed by atoms with Crippen LogP contribution in [0.4, 0.5) is 0 Å². The Morgan fingerprint density at radius 3 is 2.65 bits per heavy atom. The number of carbonyl (C=O) groups excluding carboxylic acids is 1. The smallest absolute Gasteiger partial charge is 0.244 e. The summed E-state index contributed by atoms with van der Waals surface area (Å²) in [6.07, 6.45) is 6.96. The van der Waals surface area contributed by atoms with Crippen LogP contribution in [-0.2, 0) is 11.3 Å². The molecular formula is C21H21N3O2. The Bertz CT molecular complexity index is 868. The van der Waals surface area contributed by atoms with Crippen molar-refractivity contribution in [3.63, 3.8) is 0 Å². The molecule has 1 aromatic heterocycles. The summed E-state index contributed by atoms with van der Waals surface area (Å²) in [6.45, 7) is 3.01. The van der Waals surface area contributed by atoms with Gasteiger partial charge in [-0.3, -0.25) is 4.79 Å². The summed E-state index contributed by atoms with van der Waals surface area (Å²) in [7, 11) is 0. The molecule has 1 heterocycles. The van der Waals surface area contributed by atoms with E-state index in [1.807, 2.05) is 67.7 Å². The minimum absolute atomic E-state index is 0.147. The van der Waals surface area contributed by atoms with Crippen LogP contribution in [0.15, 0.2) is 73.1 Å². The van der Waals surface area contributed by atoms with Crippen LogP contribution in [0.1, 0.15) is 18.1 Å². The summed E-state index contributed by atoms with van der Waals surface area (Å²) in [6, 6.07) is 17.5. The number of hydrogen-bond acceptors (Lipinski definition) is 3. The molecule has 2 aromatic carbocycles. The lowest BCUT2D eigenvalue weighted by Gasteiger charge is -2.02. The van der Waals surface area contributed by atoms with Crippen molar-refractivity contribution >= 4 is 12.0 Å². The van der Waals surface area contributed by atoms with Crippen LogP contribution in [0.25, 0.3) is 11.8 Å². The minimum Gasteiger partial charge on any atom is -0.494 e. The van der Waals surface area contributed by atoms with Crippen molar-refractivity contribution in [2.24, 2.45) is 0 Å². The lowest BCUT2D eigenvalue weighted by atomic mass is 10.2. The van der Waals surface area contributed by atoms with Crippen molar-refractivity contribution in [3.8, 4) is 11.4 Å². The van der Waals surface area contributed by atoms with Crippen molar-refractivity contribution in [1.29, 1.82) is 0 Å². The average molecular weight is 347 g/mol. The predicted molar refractivity (Wildman–Crippen MR) is 102 cm³/mol. The van der Waals surface area contributed by atoms with Gasteiger partial charge in [-0.25, -0.2) is 4.68 Å². The summed E-state index contributed by atoms with van der Waals surface area (Å²) < 4.78 is 7.19. The first-order chi connectivity index (χ1) is 12.7. The van der Waals surface area contributed by atoms with Crippen molar-refractivity contribution in [3.05, 3.63) is 84.2 Å². The molecule has 1 amide bonds. The number of ether oxygens (including phenoxy) is 1. The van der Waals surface area contributed by atoms with Crippen LogP contribution in [0.3, 0.4) is 0 Å². The molecule has 0 aliphatic rings. The maximum absolute atomic E-state index is 12.0. The van der Waals surface area contributed by atoms with Crippen LogP contribution >= 0.6 is 0 Å². The Balaban J connectivity index is 1.52. The molecule has 3 rings (SSSR count). The molecule has 26 heavy (non-hydrogen) atoms. The third kappa shape index (κ3) is 4.83. The molecule has 0 fully saturated rings. The zero-order valence-corrected chi connectivity index (χ0v) is 14.6. The first-order valence-corrected chi connectivity index (χ1v) is 8.52. The maximum atomic E-state index is 12.0. The van der Waals surface area contributed by atoms with Gasteiger partial charge in [-0.2, -0.15) is 5.10 Å². The quantitative estimate of drug-likeness (QED) is 0.665. The largest absolute Gasteiger partial charge is 0.494 e. The molecule has 0 saturated carbocycles. The van der Waals surface area contributed by atoms with Crippen LogP contribution in [-0.4, -0.2) is 22.3 Å². The third-order valence-corrected chi connectivity index (χ3v) is 3.74. The second-order valence-electron chi connectivity index (χ2n) is 5.68. The summed E-state index contributed by atoms with van der Waals surface area (Å²) in [5.74, 6) is 0.677. The second kappa shape index (κ2) is 8.67. The van der Waals surface area contributed by atoms with Gasteiger partial charge in [0.05, 0.1) is 18.5 Å². The van der Waals surface area contributed by atoms with Gasteiger partial charge in [0.25, 0.3) is 0 Å². The summed E-state index contributed by atoms with van der Waals surface area (Å²) >= 11 is 0. The maximum Gasteiger partial charge on any atom is 0.244 e. The fourth-order valence-corrected chi connectivity index (χ4v) is 2.44. The Hall–Kier alpha value is -3.34. The highest BCUT2D eigenvalue weighted by molar-refractivity contribution is 5.91. The van der Waals surface area contributed by atoms with Crippen LogP contribution in [0.2, 0.25) is 0 Å². The molecule has 5 nitrogen and oxygen atoms in total. The molecule has 5 heteroatoms. The van der Waals surface area contributed by atoms with E-state index in [-0.39, 0.29) is 5.91 Å². The Kier molecular flexibility index (Phi) is 5.83. The molecule has 3 aromatic rings. The van der Waals surface area contributed by atoms with Gasteiger partial charge in [-0.05, 0) is 42.8 Å². The topological polar surface area (TPSA) is 56.1 Å². The first-order valence-electron chi connectivity index (χ1n) is 8.52. The lowest BCUT2D eigenvalue weighted by Crippen LogP contribution is -2.19. The van der Waals surface area contributed by atoms with E-state index in [2.05, 4.69) is 10.4 Å². The van der Waals surface area contributed by atoms with E-state index in [9.17, 15) is 4.79 Å². The van der Waals surface area contributed by atoms with Crippen LogP contribution < -0.4 is 10.1 Å². The Labute approximate surface area is 152 Å². The molecule has 0 radical (unpaired) electrons. The van der Waals surface area contributed by atoms with E-state index < -0.39 is 0 Å². The summed E-state index contributed by atoms with van der Waals surface area (Å²) in [5, 5.41) is 7.18. The third-order valence-electron chi connectivity index (χ3n) is 3.74. The number of amides is 1. The summed E-state index contributed by atoms with van der Waals surface area (Å²) in [5.41, 5.74) is 2.87. The number of benzene rings is 2. The predicted octanol–water partition coefficient (Wildman–Crippen LogP) is 3.60. The molecule has 0 spiro atoms. The van der Waals surface area contributed by atoms with E-state index in [0.717, 1.165) is 22.6 Å². The molecule has 0 aliphatic carbocycles. The highest BCUT2D eigenvalue weighted by Crippen LogP contribution is 2.13. The fraction of sp³-hybridized carbons (Fsp3) is 0.143. The first kappa shape index (κ1) is 17.5. The van der Waals surface area contributed by atoms with Gasteiger partial charge in [0.2, 0.25) is 5.91 Å². The van der Waals surface area contributed by atoms with Crippen molar-refractivity contribution in [2.75, 3.05) is 6.61 Å². The molecule has 0 atom stereocenters. The lowest BCUT2D eigenvalue weighted by molar-refractivity contribution is -0.116. The number of rotatable bonds is 7. The van der Waals surface area contributed by atoms with E-state index >= 15 is 0 Å². The minimum atomic E-state index is -0.147. The molecule has 0 unspecified atom stereocenters. The number of nitrogens with zero attached hydrogens (tertiary/aromatic N) is 2. The number of aromatic nitrogens is 2. The second-order valence-corrected chi connectivity index (χ2v) is 5.68. The van der Waals surface area contributed by atoms with Crippen molar-refractivity contribution in [2.45, 2.75) is 13.5 Å². The molecule has 1 N–H and O–H groups in total. The monoisotopic (exact) mass is 347 g/mol. The average Bonchev–Trinajstić information content (AvgIpc) is 3.16. The highest BCUT2D eigenvalue weighted by Gasteiger charge is 2.02. The van der Waals surface area contributed by atoms with E-state index in [0.29, 0.717) is 13.2 Å². The number of nitrogens with one attached hydrogen (secondary N) is 1. The standard InChI is InChI=1S/C21H21N3O2/c1-2-26-20-11-8-17(9-12-20)10-13-21(25)22-14-18-15-23-24(16-18)19-6-4-3-5-7-19/h3-13,15-16H,2,14H2,1H3,(H,22,25). The SMILES string of the molecule is CCOc1ccc(C=CC(=O)NCc2cnn(-c3ccccc3)c2)cc1. The van der Waals surface area contributed by atoms with Crippen molar-refractivity contribution in [1.82, 2.24) is 15.1 Å². The molecular weight excluding hydrogens is 326 g/mol. The Morgan fingerprint density at radius 1 is 1.15 bits per heavy atom. The molecule has 132 valence electrons. The molecule has 0 saturated heterocycles. The zero-order chi connectivity index (χ0) is 18.2. The van der Waals surface area contributed by atoms with Crippen LogP contribution in [0.5, 0.6) is 5.75 Å². The highest BCUT2D eigenvalue weighted by atomic mass is 16.5. The van der Waals surface area contributed by atoms with Gasteiger partial charge in [-0.15, -0.1) is 0 Å². The Morgan fingerprint density at radius 2 is 1.92 bits per heavy atom. The number of carbonyl (C=O) groups is 1. The fourth-order valence-electron chi connectivity index (χ4n) is 2.44. The van der Waals surface area contributed by atoms with Crippen molar-refractivity contribution < 1.29 is 9.53 Å². The van der Waals surface area contributed by atoms with Gasteiger partial charge in [0.1, 0.15) is 5.75 Å². The van der Waals surface area contributed by atoms with Gasteiger partial charge in [0.15, 0.2) is 0 Å². The van der Waals surface area contributed by atoms with Gasteiger partial charge >= 0.3 is 0 Å². The normalized spacial score (nSPS) is 10.8. The molecule has 0 bridgehead atoms. The van der Waals surface area contributed by atoms with Crippen LogP contribution in [0, 0.1) is 0 Å². The van der Waals surface area contributed by atoms with Gasteiger partial charge in [-0.1, -0.05) is 30.3 Å². The molecule has 0 aliphatic heterocycles. The number of hydrogen-bond donors (Lipinski definition) is 1.